The lowest BCUT2D eigenvalue weighted by molar-refractivity contribution is 0.401. The molecule has 0 aromatic carbocycles. The Labute approximate surface area is 109 Å². The van der Waals surface area contributed by atoms with E-state index in [9.17, 15) is 0 Å². The van der Waals surface area contributed by atoms with Crippen molar-refractivity contribution in [2.75, 3.05) is 39.1 Å². The fourth-order valence-electron chi connectivity index (χ4n) is 1.75. The second-order valence-electron chi connectivity index (χ2n) is 4.40. The summed E-state index contributed by atoms with van der Waals surface area (Å²) >= 11 is 6.07. The molecule has 17 heavy (non-hydrogen) atoms. The van der Waals surface area contributed by atoms with Gasteiger partial charge in [-0.2, -0.15) is 0 Å². The van der Waals surface area contributed by atoms with Crippen molar-refractivity contribution in [2.45, 2.75) is 19.8 Å². The van der Waals surface area contributed by atoms with Gasteiger partial charge in [0, 0.05) is 19.2 Å². The van der Waals surface area contributed by atoms with Crippen molar-refractivity contribution >= 4 is 17.4 Å². The van der Waals surface area contributed by atoms with Crippen molar-refractivity contribution in [3.05, 3.63) is 17.0 Å². The minimum absolute atomic E-state index is 0.567. The summed E-state index contributed by atoms with van der Waals surface area (Å²) in [6.45, 7) is 4.12. The highest BCUT2D eigenvalue weighted by Gasteiger charge is 2.11. The molecule has 0 saturated carbocycles. The van der Waals surface area contributed by atoms with Gasteiger partial charge in [0.15, 0.2) is 0 Å². The molecule has 1 rings (SSSR count). The van der Waals surface area contributed by atoms with E-state index in [2.05, 4.69) is 40.8 Å². The second-order valence-corrected chi connectivity index (χ2v) is 4.76. The molecule has 0 saturated heterocycles. The van der Waals surface area contributed by atoms with Gasteiger partial charge < -0.3 is 9.80 Å². The highest BCUT2D eigenvalue weighted by Crippen LogP contribution is 2.22. The molecule has 5 heteroatoms. The van der Waals surface area contributed by atoms with E-state index in [-0.39, 0.29) is 0 Å². The molecule has 0 aliphatic heterocycles. The summed E-state index contributed by atoms with van der Waals surface area (Å²) in [6, 6.07) is 0. The van der Waals surface area contributed by atoms with Crippen LogP contribution in [0.2, 0.25) is 5.15 Å². The largest absolute Gasteiger partial charge is 0.359 e. The standard InChI is InChI=1S/C12H21ClN4/c1-5-10-11(13)14-9-15-12(10)17(4)8-6-7-16(2)3/h9H,5-8H2,1-4H3. The smallest absolute Gasteiger partial charge is 0.137 e. The van der Waals surface area contributed by atoms with Gasteiger partial charge >= 0.3 is 0 Å². The lowest BCUT2D eigenvalue weighted by Crippen LogP contribution is -2.25. The van der Waals surface area contributed by atoms with Gasteiger partial charge in [-0.15, -0.1) is 0 Å². The van der Waals surface area contributed by atoms with Crippen LogP contribution < -0.4 is 4.90 Å². The molecular weight excluding hydrogens is 236 g/mol. The van der Waals surface area contributed by atoms with E-state index >= 15 is 0 Å². The molecule has 0 fully saturated rings. The maximum atomic E-state index is 6.07. The number of halogens is 1. The van der Waals surface area contributed by atoms with Crippen LogP contribution in [0.4, 0.5) is 5.82 Å². The summed E-state index contributed by atoms with van der Waals surface area (Å²) in [5, 5.41) is 0.567. The van der Waals surface area contributed by atoms with Crippen LogP contribution in [0.15, 0.2) is 6.33 Å². The van der Waals surface area contributed by atoms with Crippen LogP contribution in [-0.4, -0.2) is 49.1 Å². The molecular formula is C12H21ClN4. The van der Waals surface area contributed by atoms with Gasteiger partial charge in [-0.25, -0.2) is 9.97 Å². The molecule has 96 valence electrons. The molecule has 0 unspecified atom stereocenters. The normalized spacial score (nSPS) is 10.9. The van der Waals surface area contributed by atoms with Crippen LogP contribution in [0.25, 0.3) is 0 Å². The average Bonchev–Trinajstić information content (AvgIpc) is 2.28. The Balaban J connectivity index is 2.68. The molecule has 0 atom stereocenters. The number of aromatic nitrogens is 2. The molecule has 0 N–H and O–H groups in total. The maximum Gasteiger partial charge on any atom is 0.137 e. The topological polar surface area (TPSA) is 32.3 Å². The number of hydrogen-bond donors (Lipinski definition) is 0. The van der Waals surface area contributed by atoms with Gasteiger partial charge in [0.25, 0.3) is 0 Å². The van der Waals surface area contributed by atoms with Gasteiger partial charge in [-0.05, 0) is 33.5 Å². The molecule has 0 amide bonds. The van der Waals surface area contributed by atoms with Gasteiger partial charge in [-0.1, -0.05) is 18.5 Å². The van der Waals surface area contributed by atoms with Crippen LogP contribution in [0.1, 0.15) is 18.9 Å². The minimum atomic E-state index is 0.567. The van der Waals surface area contributed by atoms with Crippen molar-refractivity contribution in [2.24, 2.45) is 0 Å². The fraction of sp³-hybridized carbons (Fsp3) is 0.667. The van der Waals surface area contributed by atoms with Crippen LogP contribution in [0.3, 0.4) is 0 Å². The zero-order valence-electron chi connectivity index (χ0n) is 11.1. The van der Waals surface area contributed by atoms with Crippen molar-refractivity contribution in [1.29, 1.82) is 0 Å². The summed E-state index contributed by atoms with van der Waals surface area (Å²) in [7, 11) is 6.21. The molecule has 0 aliphatic carbocycles. The number of hydrogen-bond acceptors (Lipinski definition) is 4. The van der Waals surface area contributed by atoms with Crippen LogP contribution >= 0.6 is 11.6 Å². The van der Waals surface area contributed by atoms with Crippen molar-refractivity contribution in [1.82, 2.24) is 14.9 Å². The first-order valence-electron chi connectivity index (χ1n) is 5.91. The van der Waals surface area contributed by atoms with E-state index in [4.69, 9.17) is 11.6 Å². The molecule has 4 nitrogen and oxygen atoms in total. The summed E-state index contributed by atoms with van der Waals surface area (Å²) in [5.74, 6) is 0.950. The summed E-state index contributed by atoms with van der Waals surface area (Å²) in [6.07, 6.45) is 3.49. The molecule has 1 heterocycles. The summed E-state index contributed by atoms with van der Waals surface area (Å²) in [4.78, 5) is 12.7. The Morgan fingerprint density at radius 1 is 1.18 bits per heavy atom. The minimum Gasteiger partial charge on any atom is -0.359 e. The Morgan fingerprint density at radius 2 is 1.88 bits per heavy atom. The monoisotopic (exact) mass is 256 g/mol. The maximum absolute atomic E-state index is 6.07. The first-order chi connectivity index (χ1) is 8.06. The second kappa shape index (κ2) is 6.77. The van der Waals surface area contributed by atoms with E-state index in [0.29, 0.717) is 5.15 Å². The highest BCUT2D eigenvalue weighted by molar-refractivity contribution is 6.30. The van der Waals surface area contributed by atoms with Gasteiger partial charge in [0.2, 0.25) is 0 Å². The van der Waals surface area contributed by atoms with Gasteiger partial charge in [0.05, 0.1) is 0 Å². The Bertz CT molecular complexity index is 354. The molecule has 0 aliphatic rings. The third kappa shape index (κ3) is 4.13. The number of anilines is 1. The van der Waals surface area contributed by atoms with E-state index in [1.165, 1.54) is 6.33 Å². The molecule has 1 aromatic rings. The lowest BCUT2D eigenvalue weighted by Gasteiger charge is -2.21. The van der Waals surface area contributed by atoms with Gasteiger partial charge in [-0.3, -0.25) is 0 Å². The van der Waals surface area contributed by atoms with Gasteiger partial charge in [0.1, 0.15) is 17.3 Å². The van der Waals surface area contributed by atoms with Crippen molar-refractivity contribution < 1.29 is 0 Å². The Morgan fingerprint density at radius 3 is 2.47 bits per heavy atom. The zero-order valence-corrected chi connectivity index (χ0v) is 11.8. The third-order valence-electron chi connectivity index (χ3n) is 2.68. The van der Waals surface area contributed by atoms with E-state index in [1.54, 1.807) is 0 Å². The van der Waals surface area contributed by atoms with E-state index < -0.39 is 0 Å². The van der Waals surface area contributed by atoms with Crippen LogP contribution in [0.5, 0.6) is 0 Å². The zero-order chi connectivity index (χ0) is 12.8. The highest BCUT2D eigenvalue weighted by atomic mass is 35.5. The molecule has 0 spiro atoms. The SMILES string of the molecule is CCc1c(Cl)ncnc1N(C)CCCN(C)C. The predicted octanol–water partition coefficient (Wildman–Crippen LogP) is 2.08. The number of nitrogens with zero attached hydrogens (tertiary/aromatic N) is 4. The van der Waals surface area contributed by atoms with E-state index in [1.807, 2.05) is 7.05 Å². The Hall–Kier alpha value is -0.870. The lowest BCUT2D eigenvalue weighted by atomic mass is 10.2. The number of rotatable bonds is 6. The third-order valence-corrected chi connectivity index (χ3v) is 3.01. The molecule has 1 aromatic heterocycles. The van der Waals surface area contributed by atoms with E-state index in [0.717, 1.165) is 37.3 Å². The molecule has 0 radical (unpaired) electrons. The Kier molecular flexibility index (Phi) is 5.65. The van der Waals surface area contributed by atoms with Crippen molar-refractivity contribution in [3.63, 3.8) is 0 Å². The fourth-order valence-corrected chi connectivity index (χ4v) is 2.01. The molecule has 0 bridgehead atoms. The summed E-state index contributed by atoms with van der Waals surface area (Å²) in [5.41, 5.74) is 1.03. The average molecular weight is 257 g/mol. The van der Waals surface area contributed by atoms with Crippen molar-refractivity contribution in [3.8, 4) is 0 Å². The predicted molar refractivity (Wildman–Crippen MR) is 72.9 cm³/mol. The summed E-state index contributed by atoms with van der Waals surface area (Å²) < 4.78 is 0. The first-order valence-corrected chi connectivity index (χ1v) is 6.29. The first kappa shape index (κ1) is 14.2. The van der Waals surface area contributed by atoms with Crippen LogP contribution in [0, 0.1) is 0 Å². The quantitative estimate of drug-likeness (QED) is 0.730. The van der Waals surface area contributed by atoms with Crippen LogP contribution in [-0.2, 0) is 6.42 Å².